The Morgan fingerprint density at radius 2 is 1.81 bits per heavy atom. The lowest BCUT2D eigenvalue weighted by atomic mass is 10.1. The summed E-state index contributed by atoms with van der Waals surface area (Å²) < 4.78 is 40.1. The van der Waals surface area contributed by atoms with Crippen molar-refractivity contribution in [2.45, 2.75) is 6.92 Å². The highest BCUT2D eigenvalue weighted by Gasteiger charge is 2.38. The van der Waals surface area contributed by atoms with E-state index >= 15 is 0 Å². The lowest BCUT2D eigenvalue weighted by molar-refractivity contribution is -0.114. The Hall–Kier alpha value is -3.35. The maximum Gasteiger partial charge on any atom is 0.283 e. The van der Waals surface area contributed by atoms with Gasteiger partial charge in [-0.3, -0.25) is 10.2 Å². The number of ether oxygens (including phenoxy) is 3. The SMILES string of the molecule is COc1cc(C)ccc1OCCOc1ccc(/C=C2/C(=N)N3N=C(S(C)(=O)=O)SC3=NC2=O)cc1Cl. The van der Waals surface area contributed by atoms with Crippen molar-refractivity contribution in [1.82, 2.24) is 5.01 Å². The highest BCUT2D eigenvalue weighted by Crippen LogP contribution is 2.32. The lowest BCUT2D eigenvalue weighted by Gasteiger charge is -2.20. The first-order valence-corrected chi connectivity index (χ1v) is 13.6. The van der Waals surface area contributed by atoms with Crippen LogP contribution in [0.3, 0.4) is 0 Å². The van der Waals surface area contributed by atoms with E-state index in [1.54, 1.807) is 25.3 Å². The van der Waals surface area contributed by atoms with Crippen molar-refractivity contribution in [3.63, 3.8) is 0 Å². The Labute approximate surface area is 217 Å². The molecule has 13 heteroatoms. The third kappa shape index (κ3) is 5.55. The Morgan fingerprint density at radius 3 is 2.47 bits per heavy atom. The number of methoxy groups -OCH3 is 1. The minimum absolute atomic E-state index is 0.0230. The Balaban J connectivity index is 1.42. The van der Waals surface area contributed by atoms with Crippen LogP contribution in [0.1, 0.15) is 11.1 Å². The molecular weight excluding hydrogens is 528 g/mol. The maximum absolute atomic E-state index is 12.5. The summed E-state index contributed by atoms with van der Waals surface area (Å²) >= 11 is 7.08. The number of nitrogens with zero attached hydrogens (tertiary/aromatic N) is 3. The molecule has 10 nitrogen and oxygen atoms in total. The standard InChI is InChI=1S/C23H21ClN4O6S2/c1-13-4-6-18(19(10-13)32-2)34-9-8-33-17-7-5-14(12-16(17)24)11-15-20(25)28-22(26-21(15)29)35-23(27-28)36(3,30)31/h4-7,10-12,25H,8-9H2,1-3H3/b15-11-,25-20?. The first-order chi connectivity index (χ1) is 17.1. The summed E-state index contributed by atoms with van der Waals surface area (Å²) in [6, 6.07) is 10.5. The van der Waals surface area contributed by atoms with E-state index in [1.807, 2.05) is 25.1 Å². The van der Waals surface area contributed by atoms with E-state index in [4.69, 9.17) is 31.2 Å². The zero-order valence-corrected chi connectivity index (χ0v) is 21.8. The number of carbonyl (C=O) groups excluding carboxylic acids is 1. The summed E-state index contributed by atoms with van der Waals surface area (Å²) in [7, 11) is -2.03. The molecule has 1 amide bonds. The third-order valence-corrected chi connectivity index (χ3v) is 7.81. The molecule has 2 aromatic carbocycles. The smallest absolute Gasteiger partial charge is 0.283 e. The van der Waals surface area contributed by atoms with Crippen molar-refractivity contribution < 1.29 is 27.4 Å². The van der Waals surface area contributed by atoms with E-state index in [2.05, 4.69) is 10.1 Å². The van der Waals surface area contributed by atoms with Crippen LogP contribution in [0.25, 0.3) is 6.08 Å². The van der Waals surface area contributed by atoms with Crippen molar-refractivity contribution in [3.8, 4) is 17.2 Å². The monoisotopic (exact) mass is 548 g/mol. The van der Waals surface area contributed by atoms with Gasteiger partial charge in [-0.15, -0.1) is 5.10 Å². The fourth-order valence-corrected chi connectivity index (χ4v) is 5.14. The summed E-state index contributed by atoms with van der Waals surface area (Å²) in [4.78, 5) is 16.4. The minimum Gasteiger partial charge on any atom is -0.493 e. The molecule has 0 unspecified atom stereocenters. The van der Waals surface area contributed by atoms with Gasteiger partial charge < -0.3 is 14.2 Å². The second-order valence-electron chi connectivity index (χ2n) is 7.70. The number of amides is 1. The van der Waals surface area contributed by atoms with Gasteiger partial charge in [0.25, 0.3) is 5.91 Å². The van der Waals surface area contributed by atoms with Gasteiger partial charge in [-0.2, -0.15) is 10.0 Å². The Kier molecular flexibility index (Phi) is 7.38. The number of rotatable bonds is 7. The number of aliphatic imine (C=N–C) groups is 1. The molecule has 0 aliphatic carbocycles. The quantitative estimate of drug-likeness (QED) is 0.409. The number of fused-ring (bicyclic) bond motifs is 1. The second kappa shape index (κ2) is 10.3. The fraction of sp³-hybridized carbons (Fsp3) is 0.217. The van der Waals surface area contributed by atoms with Crippen molar-refractivity contribution in [3.05, 3.63) is 58.1 Å². The van der Waals surface area contributed by atoms with Crippen LogP contribution in [0.4, 0.5) is 0 Å². The van der Waals surface area contributed by atoms with E-state index in [9.17, 15) is 13.2 Å². The van der Waals surface area contributed by atoms with Gasteiger partial charge in [-0.25, -0.2) is 8.42 Å². The molecule has 0 saturated heterocycles. The molecule has 0 aromatic heterocycles. The number of amidine groups is 2. The summed E-state index contributed by atoms with van der Waals surface area (Å²) in [5.41, 5.74) is 1.53. The number of hydrazone groups is 1. The van der Waals surface area contributed by atoms with Gasteiger partial charge in [-0.1, -0.05) is 23.7 Å². The number of aryl methyl sites for hydroxylation is 1. The normalized spacial score (nSPS) is 16.6. The molecule has 2 aromatic rings. The van der Waals surface area contributed by atoms with Gasteiger partial charge in [0.2, 0.25) is 19.4 Å². The first-order valence-electron chi connectivity index (χ1n) is 10.5. The van der Waals surface area contributed by atoms with E-state index in [-0.39, 0.29) is 34.2 Å². The van der Waals surface area contributed by atoms with Crippen LogP contribution < -0.4 is 14.2 Å². The van der Waals surface area contributed by atoms with Crippen molar-refractivity contribution in [2.24, 2.45) is 10.1 Å². The third-order valence-electron chi connectivity index (χ3n) is 4.94. The molecule has 4 rings (SSSR count). The van der Waals surface area contributed by atoms with Crippen LogP contribution in [0.15, 0.2) is 52.1 Å². The lowest BCUT2D eigenvalue weighted by Crippen LogP contribution is -2.35. The predicted octanol–water partition coefficient (Wildman–Crippen LogP) is 3.74. The molecule has 0 fully saturated rings. The molecule has 0 radical (unpaired) electrons. The van der Waals surface area contributed by atoms with Crippen LogP contribution in [0, 0.1) is 12.3 Å². The first kappa shape index (κ1) is 25.7. The van der Waals surface area contributed by atoms with E-state index in [0.29, 0.717) is 27.8 Å². The summed E-state index contributed by atoms with van der Waals surface area (Å²) in [6.45, 7) is 2.45. The molecule has 0 atom stereocenters. The summed E-state index contributed by atoms with van der Waals surface area (Å²) in [5.74, 6) is 0.701. The average molecular weight is 549 g/mol. The molecule has 0 bridgehead atoms. The minimum atomic E-state index is -3.60. The van der Waals surface area contributed by atoms with Gasteiger partial charge >= 0.3 is 0 Å². The zero-order chi connectivity index (χ0) is 26.0. The number of hydrogen-bond donors (Lipinski definition) is 1. The van der Waals surface area contributed by atoms with Crippen molar-refractivity contribution in [1.29, 1.82) is 5.41 Å². The van der Waals surface area contributed by atoms with E-state index in [0.717, 1.165) is 28.6 Å². The fourth-order valence-electron chi connectivity index (χ4n) is 3.21. The molecule has 2 aliphatic rings. The second-order valence-corrected chi connectivity index (χ2v) is 11.3. The highest BCUT2D eigenvalue weighted by atomic mass is 35.5. The van der Waals surface area contributed by atoms with Crippen LogP contribution in [0.2, 0.25) is 5.02 Å². The average Bonchev–Trinajstić information content (AvgIpc) is 3.26. The van der Waals surface area contributed by atoms with Gasteiger partial charge in [0, 0.05) is 6.26 Å². The largest absolute Gasteiger partial charge is 0.493 e. The van der Waals surface area contributed by atoms with E-state index in [1.165, 1.54) is 6.08 Å². The summed E-state index contributed by atoms with van der Waals surface area (Å²) in [6.07, 6.45) is 2.43. The number of carbonyl (C=O) groups is 1. The van der Waals surface area contributed by atoms with Crippen LogP contribution in [-0.2, 0) is 14.6 Å². The van der Waals surface area contributed by atoms with Crippen LogP contribution >= 0.6 is 23.4 Å². The van der Waals surface area contributed by atoms with Crippen LogP contribution in [-0.4, -0.2) is 61.3 Å². The van der Waals surface area contributed by atoms with Crippen LogP contribution in [0.5, 0.6) is 17.2 Å². The molecule has 1 N–H and O–H groups in total. The van der Waals surface area contributed by atoms with Gasteiger partial charge in [0.15, 0.2) is 17.3 Å². The van der Waals surface area contributed by atoms with Gasteiger partial charge in [-0.05, 0) is 60.2 Å². The van der Waals surface area contributed by atoms with Crippen molar-refractivity contribution >= 4 is 60.6 Å². The topological polar surface area (TPSA) is 131 Å². The molecular formula is C23H21ClN4O6S2. The number of hydrogen-bond acceptors (Lipinski definition) is 9. The van der Waals surface area contributed by atoms with E-state index < -0.39 is 15.7 Å². The van der Waals surface area contributed by atoms with Gasteiger partial charge in [0.05, 0.1) is 17.7 Å². The number of thioether (sulfide) groups is 1. The molecule has 2 aliphatic heterocycles. The Bertz CT molecular complexity index is 1450. The molecule has 188 valence electrons. The molecule has 2 heterocycles. The number of nitrogens with one attached hydrogen (secondary N) is 1. The van der Waals surface area contributed by atoms with Crippen molar-refractivity contribution in [2.75, 3.05) is 26.6 Å². The maximum atomic E-state index is 12.5. The summed E-state index contributed by atoms with van der Waals surface area (Å²) in [5, 5.41) is 13.6. The molecule has 0 saturated carbocycles. The number of halogens is 1. The number of sulfone groups is 1. The Morgan fingerprint density at radius 1 is 1.11 bits per heavy atom. The predicted molar refractivity (Wildman–Crippen MR) is 140 cm³/mol. The van der Waals surface area contributed by atoms with Gasteiger partial charge in [0.1, 0.15) is 19.0 Å². The molecule has 0 spiro atoms. The molecule has 36 heavy (non-hydrogen) atoms. The zero-order valence-electron chi connectivity index (χ0n) is 19.4. The highest BCUT2D eigenvalue weighted by molar-refractivity contribution is 8.42. The number of benzene rings is 2.